The molecule has 0 heterocycles. The van der Waals surface area contributed by atoms with Crippen molar-refractivity contribution in [1.82, 2.24) is 4.90 Å². The quantitative estimate of drug-likeness (QED) is 0.748. The summed E-state index contributed by atoms with van der Waals surface area (Å²) in [7, 11) is -1.68. The molecule has 6 nitrogen and oxygen atoms in total. The second-order valence-corrected chi connectivity index (χ2v) is 8.47. The van der Waals surface area contributed by atoms with Gasteiger partial charge in [-0.25, -0.2) is 13.2 Å². The molecular weight excluding hydrogens is 366 g/mol. The third-order valence-electron chi connectivity index (χ3n) is 4.19. The van der Waals surface area contributed by atoms with Crippen LogP contribution in [0.4, 0.5) is 0 Å². The molecule has 0 unspecified atom stereocenters. The number of rotatable bonds is 8. The fourth-order valence-corrected chi connectivity index (χ4v) is 4.03. The van der Waals surface area contributed by atoms with Crippen molar-refractivity contribution < 1.29 is 23.1 Å². The van der Waals surface area contributed by atoms with Crippen molar-refractivity contribution in [2.45, 2.75) is 31.2 Å². The number of hydrogen-bond donors (Lipinski definition) is 1. The second kappa shape index (κ2) is 8.81. The first kappa shape index (κ1) is 20.6. The average molecular weight is 389 g/mol. The largest absolute Gasteiger partial charge is 0.478 e. The first-order valence-corrected chi connectivity index (χ1v) is 10.3. The van der Waals surface area contributed by atoms with E-state index in [4.69, 9.17) is 5.11 Å². The third-order valence-corrected chi connectivity index (χ3v) is 6.01. The molecule has 2 rings (SSSR count). The van der Waals surface area contributed by atoms with Gasteiger partial charge >= 0.3 is 5.97 Å². The van der Waals surface area contributed by atoms with Crippen molar-refractivity contribution in [3.8, 4) is 0 Å². The van der Waals surface area contributed by atoms with Crippen LogP contribution in [0, 0.1) is 0 Å². The van der Waals surface area contributed by atoms with E-state index in [2.05, 4.69) is 0 Å². The van der Waals surface area contributed by atoms with Crippen LogP contribution < -0.4 is 0 Å². The molecule has 0 aliphatic carbocycles. The van der Waals surface area contributed by atoms with Gasteiger partial charge in [-0.2, -0.15) is 0 Å². The smallest absolute Gasteiger partial charge is 0.335 e. The fourth-order valence-electron chi connectivity index (χ4n) is 2.58. The van der Waals surface area contributed by atoms with E-state index in [0.29, 0.717) is 18.5 Å². The summed E-state index contributed by atoms with van der Waals surface area (Å²) in [4.78, 5) is 25.1. The van der Waals surface area contributed by atoms with E-state index in [1.54, 1.807) is 19.2 Å². The predicted molar refractivity (Wildman–Crippen MR) is 103 cm³/mol. The van der Waals surface area contributed by atoms with Crippen molar-refractivity contribution in [2.24, 2.45) is 0 Å². The molecule has 0 aliphatic heterocycles. The predicted octanol–water partition coefficient (Wildman–Crippen LogP) is 3.23. The minimum Gasteiger partial charge on any atom is -0.478 e. The topological polar surface area (TPSA) is 91.8 Å². The standard InChI is InChI=1S/C20H23NO5S/c1-3-4-13-27(25,26)18-11-9-16(10-12-18)19(22)21(2)14-15-5-7-17(8-6-15)20(23)24/h5-12H,3-4,13-14H2,1-2H3,(H,23,24). The summed E-state index contributed by atoms with van der Waals surface area (Å²) >= 11 is 0. The summed E-state index contributed by atoms with van der Waals surface area (Å²) in [6.45, 7) is 2.25. The highest BCUT2D eigenvalue weighted by Crippen LogP contribution is 2.16. The Morgan fingerprint density at radius 1 is 0.963 bits per heavy atom. The lowest BCUT2D eigenvalue weighted by Gasteiger charge is -2.17. The minimum atomic E-state index is -3.32. The molecule has 1 amide bonds. The third kappa shape index (κ3) is 5.40. The van der Waals surface area contributed by atoms with Crippen molar-refractivity contribution in [1.29, 1.82) is 0 Å². The van der Waals surface area contributed by atoms with Crippen molar-refractivity contribution in [3.05, 3.63) is 65.2 Å². The summed E-state index contributed by atoms with van der Waals surface area (Å²) in [6.07, 6.45) is 1.40. The Morgan fingerprint density at radius 3 is 2.04 bits per heavy atom. The lowest BCUT2D eigenvalue weighted by molar-refractivity contribution is 0.0695. The number of carbonyl (C=O) groups is 2. The molecule has 2 aromatic rings. The van der Waals surface area contributed by atoms with E-state index in [-0.39, 0.29) is 22.1 Å². The van der Waals surface area contributed by atoms with E-state index < -0.39 is 15.8 Å². The molecule has 0 atom stereocenters. The first-order valence-electron chi connectivity index (χ1n) is 8.65. The number of sulfone groups is 1. The van der Waals surface area contributed by atoms with Crippen molar-refractivity contribution in [2.75, 3.05) is 12.8 Å². The van der Waals surface area contributed by atoms with Gasteiger partial charge in [0.25, 0.3) is 5.91 Å². The van der Waals surface area contributed by atoms with Crippen LogP contribution in [0.25, 0.3) is 0 Å². The monoisotopic (exact) mass is 389 g/mol. The van der Waals surface area contributed by atoms with Gasteiger partial charge in [0, 0.05) is 19.2 Å². The number of nitrogens with zero attached hydrogens (tertiary/aromatic N) is 1. The van der Waals surface area contributed by atoms with Crippen LogP contribution >= 0.6 is 0 Å². The summed E-state index contributed by atoms with van der Waals surface area (Å²) in [5.74, 6) is -1.14. The van der Waals surface area contributed by atoms with Crippen LogP contribution in [0.15, 0.2) is 53.4 Å². The molecule has 0 bridgehead atoms. The Bertz CT molecular complexity index is 902. The van der Waals surface area contributed by atoms with Crippen LogP contribution in [0.2, 0.25) is 0 Å². The van der Waals surface area contributed by atoms with E-state index in [9.17, 15) is 18.0 Å². The first-order chi connectivity index (χ1) is 12.7. The van der Waals surface area contributed by atoms with Crippen LogP contribution in [0.3, 0.4) is 0 Å². The Kier molecular flexibility index (Phi) is 6.74. The maximum atomic E-state index is 12.5. The molecule has 7 heteroatoms. The zero-order chi connectivity index (χ0) is 20.0. The number of amides is 1. The van der Waals surface area contributed by atoms with Gasteiger partial charge in [-0.1, -0.05) is 25.5 Å². The minimum absolute atomic E-state index is 0.100. The zero-order valence-corrected chi connectivity index (χ0v) is 16.2. The van der Waals surface area contributed by atoms with Gasteiger partial charge in [-0.15, -0.1) is 0 Å². The number of unbranched alkanes of at least 4 members (excludes halogenated alkanes) is 1. The molecular formula is C20H23NO5S. The SMILES string of the molecule is CCCCS(=O)(=O)c1ccc(C(=O)N(C)Cc2ccc(C(=O)O)cc2)cc1. The number of carbonyl (C=O) groups excluding carboxylic acids is 1. The number of carboxylic acid groups (broad SMARTS) is 1. The molecule has 0 saturated heterocycles. The van der Waals surface area contributed by atoms with Crippen LogP contribution in [0.5, 0.6) is 0 Å². The Labute approximate surface area is 159 Å². The van der Waals surface area contributed by atoms with Crippen molar-refractivity contribution in [3.63, 3.8) is 0 Å². The molecule has 27 heavy (non-hydrogen) atoms. The summed E-state index contributed by atoms with van der Waals surface area (Å²) in [6, 6.07) is 12.3. The van der Waals surface area contributed by atoms with E-state index >= 15 is 0 Å². The maximum absolute atomic E-state index is 12.5. The summed E-state index contributed by atoms with van der Waals surface area (Å²) < 4.78 is 24.4. The highest BCUT2D eigenvalue weighted by atomic mass is 32.2. The van der Waals surface area contributed by atoms with Gasteiger partial charge in [0.1, 0.15) is 0 Å². The Hall–Kier alpha value is -2.67. The van der Waals surface area contributed by atoms with Crippen LogP contribution in [-0.4, -0.2) is 43.1 Å². The zero-order valence-electron chi connectivity index (χ0n) is 15.4. The van der Waals surface area contributed by atoms with Gasteiger partial charge in [0.15, 0.2) is 9.84 Å². The molecule has 0 aliphatic rings. The molecule has 0 spiro atoms. The average Bonchev–Trinajstić information content (AvgIpc) is 2.66. The number of aromatic carboxylic acids is 1. The molecule has 0 aromatic heterocycles. The lowest BCUT2D eigenvalue weighted by Crippen LogP contribution is -2.26. The van der Waals surface area contributed by atoms with E-state index in [1.807, 2.05) is 6.92 Å². The molecule has 144 valence electrons. The van der Waals surface area contributed by atoms with Gasteiger partial charge in [0.05, 0.1) is 16.2 Å². The van der Waals surface area contributed by atoms with Crippen LogP contribution in [-0.2, 0) is 16.4 Å². The van der Waals surface area contributed by atoms with Crippen LogP contribution in [0.1, 0.15) is 46.0 Å². The maximum Gasteiger partial charge on any atom is 0.335 e. The van der Waals surface area contributed by atoms with E-state index in [0.717, 1.165) is 12.0 Å². The van der Waals surface area contributed by atoms with Gasteiger partial charge in [0.2, 0.25) is 0 Å². The van der Waals surface area contributed by atoms with Gasteiger partial charge < -0.3 is 10.0 Å². The van der Waals surface area contributed by atoms with E-state index in [1.165, 1.54) is 41.3 Å². The summed E-state index contributed by atoms with van der Waals surface area (Å²) in [5.41, 5.74) is 1.39. The van der Waals surface area contributed by atoms with Gasteiger partial charge in [-0.05, 0) is 48.4 Å². The number of hydrogen-bond acceptors (Lipinski definition) is 4. The molecule has 0 radical (unpaired) electrons. The highest BCUT2D eigenvalue weighted by molar-refractivity contribution is 7.91. The highest BCUT2D eigenvalue weighted by Gasteiger charge is 2.16. The van der Waals surface area contributed by atoms with Crippen molar-refractivity contribution >= 4 is 21.7 Å². The number of carboxylic acids is 1. The fraction of sp³-hybridized carbons (Fsp3) is 0.300. The Morgan fingerprint density at radius 2 is 1.52 bits per heavy atom. The normalized spacial score (nSPS) is 11.2. The molecule has 0 fully saturated rings. The number of benzene rings is 2. The lowest BCUT2D eigenvalue weighted by atomic mass is 10.1. The molecule has 0 saturated carbocycles. The molecule has 1 N–H and O–H groups in total. The summed E-state index contributed by atoms with van der Waals surface area (Å²) in [5, 5.41) is 8.91. The molecule has 2 aromatic carbocycles. The Balaban J connectivity index is 2.07. The second-order valence-electron chi connectivity index (χ2n) is 6.36. The van der Waals surface area contributed by atoms with Gasteiger partial charge in [-0.3, -0.25) is 4.79 Å².